The van der Waals surface area contributed by atoms with E-state index in [0.717, 1.165) is 12.0 Å². The molecule has 2 atom stereocenters. The van der Waals surface area contributed by atoms with Gasteiger partial charge in [-0.2, -0.15) is 0 Å². The van der Waals surface area contributed by atoms with E-state index in [-0.39, 0.29) is 12.0 Å². The third-order valence-electron chi connectivity index (χ3n) is 5.43. The maximum atomic E-state index is 12.5. The fourth-order valence-electron chi connectivity index (χ4n) is 3.83. The lowest BCUT2D eigenvalue weighted by molar-refractivity contribution is -0.872. The number of phosphoric acid groups is 1. The van der Waals surface area contributed by atoms with Crippen molar-refractivity contribution in [3.05, 3.63) is 58.7 Å². The lowest BCUT2D eigenvalue weighted by Gasteiger charge is -2.32. The van der Waals surface area contributed by atoms with Gasteiger partial charge in [0.25, 0.3) is 7.82 Å². The third-order valence-corrected chi connectivity index (χ3v) is 5.96. The summed E-state index contributed by atoms with van der Waals surface area (Å²) in [7, 11) is 0.396. The molecule has 32 heavy (non-hydrogen) atoms. The number of phosphoric ester groups is 1. The fourth-order valence-corrected chi connectivity index (χ4v) is 4.32. The number of allylic oxidation sites excluding steroid dienone is 9. The van der Waals surface area contributed by atoms with Crippen molar-refractivity contribution < 1.29 is 28.2 Å². The Morgan fingerprint density at radius 1 is 1.25 bits per heavy atom. The Morgan fingerprint density at radius 2 is 1.88 bits per heavy atom. The molecule has 2 unspecified atom stereocenters. The van der Waals surface area contributed by atoms with Crippen LogP contribution >= 0.6 is 7.82 Å². The smallest absolute Gasteiger partial charge is 0.266 e. The molecule has 0 aromatic carbocycles. The highest BCUT2D eigenvalue weighted by Crippen LogP contribution is 2.40. The number of quaternary nitrogens is 1. The molecular formula is C25H40NO5P. The number of rotatable bonds is 10. The summed E-state index contributed by atoms with van der Waals surface area (Å²) in [5.41, 5.74) is 4.80. The number of ketones is 1. The summed E-state index contributed by atoms with van der Waals surface area (Å²) in [6.45, 7) is 10.7. The lowest BCUT2D eigenvalue weighted by Crippen LogP contribution is -2.45. The van der Waals surface area contributed by atoms with Crippen LogP contribution in [0.1, 0.15) is 53.9 Å². The third kappa shape index (κ3) is 10.8. The molecule has 0 aromatic rings. The molecule has 0 aromatic heterocycles. The Balaban J connectivity index is 2.89. The molecule has 0 fully saturated rings. The summed E-state index contributed by atoms with van der Waals surface area (Å²) in [5.74, 6) is -0.507. The largest absolute Gasteiger partial charge is 0.756 e. The van der Waals surface area contributed by atoms with Gasteiger partial charge in [0, 0.05) is 0 Å². The van der Waals surface area contributed by atoms with Crippen molar-refractivity contribution in [3.8, 4) is 0 Å². The molecule has 7 heteroatoms. The lowest BCUT2D eigenvalue weighted by atomic mass is 9.72. The molecule has 6 nitrogen and oxygen atoms in total. The molecule has 0 saturated heterocycles. The van der Waals surface area contributed by atoms with Crippen molar-refractivity contribution in [2.45, 2.75) is 60.0 Å². The van der Waals surface area contributed by atoms with Gasteiger partial charge in [0.15, 0.2) is 11.9 Å². The average molecular weight is 466 g/mol. The minimum Gasteiger partial charge on any atom is -0.756 e. The number of likely N-dealkylation sites (N-methyl/N-ethyl adjacent to an activating group) is 1. The quantitative estimate of drug-likeness (QED) is 0.220. The number of carbonyl (C=O) groups is 1. The van der Waals surface area contributed by atoms with Crippen LogP contribution in [0.3, 0.4) is 0 Å². The molecule has 0 bridgehead atoms. The van der Waals surface area contributed by atoms with Gasteiger partial charge in [-0.25, -0.2) is 0 Å². The molecule has 0 aliphatic heterocycles. The second kappa shape index (κ2) is 11.5. The van der Waals surface area contributed by atoms with Gasteiger partial charge in [0.1, 0.15) is 6.54 Å². The van der Waals surface area contributed by atoms with Crippen LogP contribution in [0.25, 0.3) is 0 Å². The van der Waals surface area contributed by atoms with Crippen molar-refractivity contribution in [2.75, 3.05) is 27.7 Å². The summed E-state index contributed by atoms with van der Waals surface area (Å²) in [5, 5.41) is 0. The standard InChI is InChI=1S/C25H40NO5P/c1-19(14-15-22-21(3)13-10-16-25(22,4)5)11-9-12-20(2)17-23(27)24(18-26(6,7)8)31-32(28,29)30/h9,11-12,14-15,17,24H,10,13,16,18H2,1-8H3,(H-,28,29,30)/b12-9?,15-14?,19-11?,20-17-. The van der Waals surface area contributed by atoms with E-state index in [2.05, 4.69) is 37.4 Å². The van der Waals surface area contributed by atoms with Crippen LogP contribution in [0.2, 0.25) is 0 Å². The van der Waals surface area contributed by atoms with Gasteiger partial charge in [-0.05, 0) is 62.7 Å². The second-order valence-electron chi connectivity index (χ2n) is 10.4. The van der Waals surface area contributed by atoms with Gasteiger partial charge in [0.2, 0.25) is 0 Å². The molecule has 0 amide bonds. The molecule has 0 heterocycles. The Morgan fingerprint density at radius 3 is 2.41 bits per heavy atom. The summed E-state index contributed by atoms with van der Waals surface area (Å²) < 4.78 is 16.1. The zero-order valence-electron chi connectivity index (χ0n) is 20.8. The number of hydrogen-bond donors (Lipinski definition) is 1. The second-order valence-corrected chi connectivity index (χ2v) is 11.5. The summed E-state index contributed by atoms with van der Waals surface area (Å²) in [6, 6.07) is 0. The summed E-state index contributed by atoms with van der Waals surface area (Å²) in [6.07, 6.45) is 13.6. The molecule has 1 N–H and O–H groups in total. The summed E-state index contributed by atoms with van der Waals surface area (Å²) >= 11 is 0. The van der Waals surface area contributed by atoms with Gasteiger partial charge in [-0.15, -0.1) is 0 Å². The Labute approximate surface area is 193 Å². The molecule has 0 saturated carbocycles. The maximum Gasteiger partial charge on any atom is 0.266 e. The highest BCUT2D eigenvalue weighted by Gasteiger charge is 2.28. The predicted molar refractivity (Wildman–Crippen MR) is 129 cm³/mol. The first kappa shape index (κ1) is 28.5. The van der Waals surface area contributed by atoms with Crippen LogP contribution in [0.5, 0.6) is 0 Å². The van der Waals surface area contributed by atoms with Crippen LogP contribution in [0.4, 0.5) is 0 Å². The van der Waals surface area contributed by atoms with Crippen LogP contribution in [0.15, 0.2) is 58.7 Å². The van der Waals surface area contributed by atoms with Gasteiger partial charge in [-0.3, -0.25) is 9.36 Å². The van der Waals surface area contributed by atoms with E-state index in [0.29, 0.717) is 10.1 Å². The molecule has 1 rings (SSSR count). The minimum absolute atomic E-state index is 0.106. The van der Waals surface area contributed by atoms with E-state index in [9.17, 15) is 14.3 Å². The van der Waals surface area contributed by atoms with E-state index in [1.807, 2.05) is 19.1 Å². The topological polar surface area (TPSA) is 86.7 Å². The summed E-state index contributed by atoms with van der Waals surface area (Å²) in [4.78, 5) is 32.7. The number of nitrogens with zero attached hydrogens (tertiary/aromatic N) is 1. The van der Waals surface area contributed by atoms with Gasteiger partial charge in [0.05, 0.1) is 21.1 Å². The highest BCUT2D eigenvalue weighted by molar-refractivity contribution is 7.44. The Hall–Kier alpha value is -1.56. The average Bonchev–Trinajstić information content (AvgIpc) is 2.57. The van der Waals surface area contributed by atoms with E-state index in [1.165, 1.54) is 30.1 Å². The SMILES string of the molecule is CC(C=CC1=C(C)CCCC1(C)C)=CC=C/C(C)=C\C(=O)C(C[N+](C)(C)C)OP(=O)([O-])O. The number of hydrogen-bond acceptors (Lipinski definition) is 4. The van der Waals surface area contributed by atoms with E-state index in [4.69, 9.17) is 4.89 Å². The molecule has 0 radical (unpaired) electrons. The van der Waals surface area contributed by atoms with Crippen LogP contribution in [0, 0.1) is 5.41 Å². The van der Waals surface area contributed by atoms with Crippen LogP contribution < -0.4 is 4.89 Å². The maximum absolute atomic E-state index is 12.5. The van der Waals surface area contributed by atoms with Crippen LogP contribution in [-0.4, -0.2) is 49.0 Å². The monoisotopic (exact) mass is 465 g/mol. The Kier molecular flexibility index (Phi) is 10.3. The molecule has 1 aliphatic carbocycles. The first-order chi connectivity index (χ1) is 14.5. The van der Waals surface area contributed by atoms with Crippen molar-refractivity contribution in [1.82, 2.24) is 0 Å². The van der Waals surface area contributed by atoms with Gasteiger partial charge < -0.3 is 18.8 Å². The zero-order valence-corrected chi connectivity index (χ0v) is 21.7. The van der Waals surface area contributed by atoms with Crippen molar-refractivity contribution >= 4 is 13.6 Å². The first-order valence-electron chi connectivity index (χ1n) is 11.0. The normalized spacial score (nSPS) is 21.3. The molecule has 0 spiro atoms. The van der Waals surface area contributed by atoms with E-state index in [1.54, 1.807) is 34.1 Å². The number of carbonyl (C=O) groups excluding carboxylic acids is 1. The van der Waals surface area contributed by atoms with Gasteiger partial charge in [-0.1, -0.05) is 55.4 Å². The molecular weight excluding hydrogens is 425 g/mol. The highest BCUT2D eigenvalue weighted by atomic mass is 31.2. The molecule has 1 aliphatic rings. The van der Waals surface area contributed by atoms with Crippen molar-refractivity contribution in [2.24, 2.45) is 5.41 Å². The van der Waals surface area contributed by atoms with Gasteiger partial charge >= 0.3 is 0 Å². The fraction of sp³-hybridized carbons (Fsp3) is 0.560. The van der Waals surface area contributed by atoms with E-state index >= 15 is 0 Å². The first-order valence-corrected chi connectivity index (χ1v) is 12.5. The van der Waals surface area contributed by atoms with Crippen LogP contribution in [-0.2, 0) is 13.9 Å². The van der Waals surface area contributed by atoms with E-state index < -0.39 is 19.7 Å². The predicted octanol–water partition coefficient (Wildman–Crippen LogP) is 4.64. The molecule has 180 valence electrons. The minimum atomic E-state index is -5.02. The zero-order chi connectivity index (χ0) is 24.7. The van der Waals surface area contributed by atoms with Crippen molar-refractivity contribution in [1.29, 1.82) is 0 Å². The Bertz CT molecular complexity index is 878. The van der Waals surface area contributed by atoms with Crippen molar-refractivity contribution in [3.63, 3.8) is 0 Å².